The first-order valence-corrected chi connectivity index (χ1v) is 7.55. The second-order valence-electron chi connectivity index (χ2n) is 4.39. The minimum absolute atomic E-state index is 0.682. The molecule has 0 saturated carbocycles. The van der Waals surface area contributed by atoms with Crippen molar-refractivity contribution in [2.45, 2.75) is 31.2 Å². The lowest BCUT2D eigenvalue weighted by molar-refractivity contribution is 0.889. The van der Waals surface area contributed by atoms with Crippen molar-refractivity contribution >= 4 is 22.7 Å². The molecule has 0 bridgehead atoms. The number of benzene rings is 1. The topological polar surface area (TPSA) is 38.9 Å². The lowest BCUT2D eigenvalue weighted by Crippen LogP contribution is -2.05. The van der Waals surface area contributed by atoms with Crippen LogP contribution in [0.2, 0.25) is 0 Å². The Morgan fingerprint density at radius 3 is 2.89 bits per heavy atom. The molecule has 3 heteroatoms. The molecular weight excluding hydrogens is 240 g/mol. The van der Waals surface area contributed by atoms with Gasteiger partial charge in [-0.15, -0.1) is 11.8 Å². The van der Waals surface area contributed by atoms with Gasteiger partial charge in [-0.3, -0.25) is 0 Å². The summed E-state index contributed by atoms with van der Waals surface area (Å²) in [5, 5.41) is 2.37. The Morgan fingerprint density at radius 2 is 2.11 bits per heavy atom. The predicted octanol–water partition coefficient (Wildman–Crippen LogP) is 3.63. The third-order valence-electron chi connectivity index (χ3n) is 2.91. The summed E-state index contributed by atoms with van der Waals surface area (Å²) in [6.07, 6.45) is 3.38. The molecule has 2 nitrogen and oxygen atoms in total. The summed E-state index contributed by atoms with van der Waals surface area (Å²) < 4.78 is 0. The minimum atomic E-state index is 0.682. The van der Waals surface area contributed by atoms with Crippen LogP contribution in [0.5, 0.6) is 0 Å². The van der Waals surface area contributed by atoms with Crippen molar-refractivity contribution in [1.29, 1.82) is 0 Å². The van der Waals surface area contributed by atoms with Crippen molar-refractivity contribution in [2.24, 2.45) is 5.73 Å². The normalized spacial score (nSPS) is 11.0. The van der Waals surface area contributed by atoms with Crippen LogP contribution < -0.4 is 5.73 Å². The van der Waals surface area contributed by atoms with Crippen molar-refractivity contribution < 1.29 is 0 Å². The Balaban J connectivity index is 2.31. The minimum Gasteiger partial charge on any atom is -0.330 e. The molecule has 18 heavy (non-hydrogen) atoms. The van der Waals surface area contributed by atoms with Gasteiger partial charge in [0.05, 0.1) is 10.5 Å². The Kier molecular flexibility index (Phi) is 5.02. The van der Waals surface area contributed by atoms with E-state index in [1.54, 1.807) is 0 Å². The molecule has 0 atom stereocenters. The number of hydrogen-bond donors (Lipinski definition) is 1. The van der Waals surface area contributed by atoms with E-state index in [2.05, 4.69) is 31.2 Å². The van der Waals surface area contributed by atoms with Crippen molar-refractivity contribution in [3.63, 3.8) is 0 Å². The summed E-state index contributed by atoms with van der Waals surface area (Å²) in [4.78, 5) is 4.77. The highest BCUT2D eigenvalue weighted by molar-refractivity contribution is 7.99. The van der Waals surface area contributed by atoms with Crippen LogP contribution in [0.1, 0.15) is 25.3 Å². The number of rotatable bonds is 6. The lowest BCUT2D eigenvalue weighted by Gasteiger charge is -2.09. The Morgan fingerprint density at radius 1 is 1.28 bits per heavy atom. The van der Waals surface area contributed by atoms with Crippen molar-refractivity contribution in [3.8, 4) is 0 Å². The average Bonchev–Trinajstić information content (AvgIpc) is 2.40. The van der Waals surface area contributed by atoms with Gasteiger partial charge in [0.25, 0.3) is 0 Å². The van der Waals surface area contributed by atoms with E-state index in [1.165, 1.54) is 23.8 Å². The number of aromatic nitrogens is 1. The highest BCUT2D eigenvalue weighted by Gasteiger charge is 2.06. The standard InChI is InChI=1S/C15H20N2S/c1-2-3-10-18-15-13(8-9-16)11-12-6-4-5-7-14(12)17-15/h4-7,11H,2-3,8-10,16H2,1H3. The summed E-state index contributed by atoms with van der Waals surface area (Å²) in [5.41, 5.74) is 8.06. The Labute approximate surface area is 113 Å². The highest BCUT2D eigenvalue weighted by atomic mass is 32.2. The average molecular weight is 260 g/mol. The molecule has 2 aromatic rings. The molecule has 0 saturated heterocycles. The Hall–Kier alpha value is -1.06. The first kappa shape index (κ1) is 13.4. The number of hydrogen-bond acceptors (Lipinski definition) is 3. The van der Waals surface area contributed by atoms with Gasteiger partial charge >= 0.3 is 0 Å². The Bertz CT molecular complexity index is 511. The maximum absolute atomic E-state index is 5.69. The molecule has 0 radical (unpaired) electrons. The zero-order valence-corrected chi connectivity index (χ0v) is 11.7. The summed E-state index contributed by atoms with van der Waals surface area (Å²) in [6.45, 7) is 2.90. The summed E-state index contributed by atoms with van der Waals surface area (Å²) >= 11 is 1.86. The molecule has 1 aromatic heterocycles. The van der Waals surface area contributed by atoms with E-state index in [9.17, 15) is 0 Å². The smallest absolute Gasteiger partial charge is 0.1000 e. The van der Waals surface area contributed by atoms with Gasteiger partial charge in [0, 0.05) is 5.39 Å². The maximum Gasteiger partial charge on any atom is 0.1000 e. The van der Waals surface area contributed by atoms with Gasteiger partial charge in [-0.1, -0.05) is 31.5 Å². The van der Waals surface area contributed by atoms with Gasteiger partial charge in [-0.05, 0) is 42.8 Å². The second kappa shape index (κ2) is 6.76. The summed E-state index contributed by atoms with van der Waals surface area (Å²) in [5.74, 6) is 1.14. The second-order valence-corrected chi connectivity index (χ2v) is 5.47. The fourth-order valence-corrected chi connectivity index (χ4v) is 3.05. The maximum atomic E-state index is 5.69. The third kappa shape index (κ3) is 3.24. The van der Waals surface area contributed by atoms with Gasteiger partial charge in [0.15, 0.2) is 0 Å². The molecule has 0 unspecified atom stereocenters. The van der Waals surface area contributed by atoms with Crippen molar-refractivity contribution in [2.75, 3.05) is 12.3 Å². The van der Waals surface area contributed by atoms with Crippen LogP contribution in [0.3, 0.4) is 0 Å². The number of nitrogens with zero attached hydrogens (tertiary/aromatic N) is 1. The molecule has 1 aromatic carbocycles. The fourth-order valence-electron chi connectivity index (χ4n) is 1.91. The predicted molar refractivity (Wildman–Crippen MR) is 80.1 cm³/mol. The van der Waals surface area contributed by atoms with E-state index in [1.807, 2.05) is 17.8 Å². The summed E-state index contributed by atoms with van der Waals surface area (Å²) in [7, 11) is 0. The number of para-hydroxylation sites is 1. The lowest BCUT2D eigenvalue weighted by atomic mass is 10.1. The molecule has 0 aliphatic rings. The monoisotopic (exact) mass is 260 g/mol. The van der Waals surface area contributed by atoms with Crippen LogP contribution in [0, 0.1) is 0 Å². The van der Waals surface area contributed by atoms with E-state index < -0.39 is 0 Å². The number of fused-ring (bicyclic) bond motifs is 1. The molecule has 0 amide bonds. The quantitative estimate of drug-likeness (QED) is 0.637. The first-order valence-electron chi connectivity index (χ1n) is 6.56. The van der Waals surface area contributed by atoms with Gasteiger partial charge in [-0.25, -0.2) is 4.98 Å². The van der Waals surface area contributed by atoms with E-state index in [-0.39, 0.29) is 0 Å². The van der Waals surface area contributed by atoms with Gasteiger partial charge in [0.2, 0.25) is 0 Å². The number of thioether (sulfide) groups is 1. The van der Waals surface area contributed by atoms with Gasteiger partial charge in [-0.2, -0.15) is 0 Å². The van der Waals surface area contributed by atoms with Gasteiger partial charge in [0.1, 0.15) is 0 Å². The SMILES string of the molecule is CCCCSc1nc2ccccc2cc1CCN. The molecule has 0 spiro atoms. The number of nitrogens with two attached hydrogens (primary N) is 1. The largest absolute Gasteiger partial charge is 0.330 e. The van der Waals surface area contributed by atoms with E-state index in [4.69, 9.17) is 10.7 Å². The summed E-state index contributed by atoms with van der Waals surface area (Å²) in [6, 6.07) is 10.5. The van der Waals surface area contributed by atoms with Crippen LogP contribution in [0.4, 0.5) is 0 Å². The molecule has 1 heterocycles. The van der Waals surface area contributed by atoms with Crippen molar-refractivity contribution in [3.05, 3.63) is 35.9 Å². The molecule has 96 valence electrons. The first-order chi connectivity index (χ1) is 8.85. The zero-order valence-electron chi connectivity index (χ0n) is 10.9. The van der Waals surface area contributed by atoms with Crippen LogP contribution in [-0.2, 0) is 6.42 Å². The molecule has 0 aliphatic carbocycles. The number of unbranched alkanes of at least 4 members (excludes halogenated alkanes) is 1. The van der Waals surface area contributed by atoms with Crippen molar-refractivity contribution in [1.82, 2.24) is 4.98 Å². The van der Waals surface area contributed by atoms with E-state index >= 15 is 0 Å². The molecular formula is C15H20N2S. The van der Waals surface area contributed by atoms with E-state index in [0.717, 1.165) is 22.7 Å². The van der Waals surface area contributed by atoms with Crippen LogP contribution >= 0.6 is 11.8 Å². The van der Waals surface area contributed by atoms with Crippen LogP contribution in [0.15, 0.2) is 35.4 Å². The molecule has 2 rings (SSSR count). The zero-order chi connectivity index (χ0) is 12.8. The highest BCUT2D eigenvalue weighted by Crippen LogP contribution is 2.26. The van der Waals surface area contributed by atoms with Gasteiger partial charge < -0.3 is 5.73 Å². The van der Waals surface area contributed by atoms with Crippen LogP contribution in [-0.4, -0.2) is 17.3 Å². The fraction of sp³-hybridized carbons (Fsp3) is 0.400. The molecule has 0 fully saturated rings. The third-order valence-corrected chi connectivity index (χ3v) is 4.03. The number of pyridine rings is 1. The molecule has 0 aliphatic heterocycles. The van der Waals surface area contributed by atoms with Crippen LogP contribution in [0.25, 0.3) is 10.9 Å². The molecule has 2 N–H and O–H groups in total. The van der Waals surface area contributed by atoms with E-state index in [0.29, 0.717) is 6.54 Å².